The number of nitrogens with one attached hydrogen (secondary N) is 1. The molecule has 0 spiro atoms. The first-order valence-corrected chi connectivity index (χ1v) is 7.06. The van der Waals surface area contributed by atoms with Gasteiger partial charge in [-0.3, -0.25) is 4.90 Å². The highest BCUT2D eigenvalue weighted by Crippen LogP contribution is 2.21. The molecule has 1 N–H and O–H groups in total. The summed E-state index contributed by atoms with van der Waals surface area (Å²) in [4.78, 5) is 3.85. The molecule has 1 fully saturated rings. The number of thiophene rings is 1. The topological polar surface area (TPSA) is 15.3 Å². The fourth-order valence-corrected chi connectivity index (χ4v) is 3.15. The van der Waals surface area contributed by atoms with E-state index < -0.39 is 0 Å². The summed E-state index contributed by atoms with van der Waals surface area (Å²) in [6.07, 6.45) is 1.26. The summed E-state index contributed by atoms with van der Waals surface area (Å²) in [7, 11) is 0. The molecule has 0 radical (unpaired) electrons. The van der Waals surface area contributed by atoms with Gasteiger partial charge in [0.05, 0.1) is 4.34 Å². The molecule has 2 rings (SSSR count). The Bertz CT molecular complexity index is 338. The van der Waals surface area contributed by atoms with Gasteiger partial charge in [-0.15, -0.1) is 11.3 Å². The molecule has 1 aromatic heterocycles. The Morgan fingerprint density at radius 1 is 1.56 bits per heavy atom. The summed E-state index contributed by atoms with van der Waals surface area (Å²) >= 11 is 7.57. The van der Waals surface area contributed by atoms with Crippen molar-refractivity contribution in [3.8, 4) is 0 Å². The van der Waals surface area contributed by atoms with Gasteiger partial charge in [0.15, 0.2) is 0 Å². The Balaban J connectivity index is 1.75. The zero-order valence-electron chi connectivity index (χ0n) is 9.87. The predicted molar refractivity (Wildman–Crippen MR) is 71.3 cm³/mol. The van der Waals surface area contributed by atoms with Crippen molar-refractivity contribution in [2.45, 2.75) is 38.9 Å². The summed E-state index contributed by atoms with van der Waals surface area (Å²) < 4.78 is 0.882. The van der Waals surface area contributed by atoms with Gasteiger partial charge < -0.3 is 5.32 Å². The van der Waals surface area contributed by atoms with Crippen LogP contribution in [0.4, 0.5) is 0 Å². The lowest BCUT2D eigenvalue weighted by molar-refractivity contribution is 0.268. The molecule has 1 saturated heterocycles. The zero-order chi connectivity index (χ0) is 11.5. The molecule has 1 atom stereocenters. The minimum atomic E-state index is 0.642. The standard InChI is InChI=1S/C12H19ClN2S/c1-9(2)15-6-5-10(8-15)14-7-11-3-4-12(13)16-11/h3-4,9-10,14H,5-8H2,1-2H3. The van der Waals surface area contributed by atoms with E-state index in [-0.39, 0.29) is 0 Å². The molecule has 0 aliphatic carbocycles. The SMILES string of the molecule is CC(C)N1CCC(NCc2ccc(Cl)s2)C1. The van der Waals surface area contributed by atoms with Gasteiger partial charge in [-0.05, 0) is 38.9 Å². The van der Waals surface area contributed by atoms with Crippen LogP contribution in [0.15, 0.2) is 12.1 Å². The first kappa shape index (κ1) is 12.4. The maximum atomic E-state index is 5.90. The lowest BCUT2D eigenvalue weighted by atomic mass is 10.2. The number of hydrogen-bond donors (Lipinski definition) is 1. The van der Waals surface area contributed by atoms with Crippen LogP contribution in [0, 0.1) is 0 Å². The van der Waals surface area contributed by atoms with Crippen LogP contribution in [0.2, 0.25) is 4.34 Å². The van der Waals surface area contributed by atoms with Gasteiger partial charge >= 0.3 is 0 Å². The van der Waals surface area contributed by atoms with Crippen molar-refractivity contribution in [1.29, 1.82) is 0 Å². The molecule has 1 unspecified atom stereocenters. The molecule has 2 heterocycles. The van der Waals surface area contributed by atoms with E-state index in [1.807, 2.05) is 6.07 Å². The van der Waals surface area contributed by atoms with E-state index in [1.54, 1.807) is 11.3 Å². The Morgan fingerprint density at radius 2 is 2.38 bits per heavy atom. The molecule has 0 saturated carbocycles. The first-order chi connectivity index (χ1) is 7.65. The predicted octanol–water partition coefficient (Wildman–Crippen LogP) is 2.97. The van der Waals surface area contributed by atoms with Gasteiger partial charge in [-0.1, -0.05) is 11.6 Å². The lowest BCUT2D eigenvalue weighted by Crippen LogP contribution is -2.34. The smallest absolute Gasteiger partial charge is 0.0931 e. The molecule has 1 aliphatic heterocycles. The second-order valence-electron chi connectivity index (χ2n) is 4.66. The maximum Gasteiger partial charge on any atom is 0.0931 e. The van der Waals surface area contributed by atoms with E-state index in [4.69, 9.17) is 11.6 Å². The Labute approximate surface area is 107 Å². The van der Waals surface area contributed by atoms with Crippen LogP contribution in [0.3, 0.4) is 0 Å². The molecule has 0 amide bonds. The average Bonchev–Trinajstić information content (AvgIpc) is 2.83. The van der Waals surface area contributed by atoms with Crippen LogP contribution in [-0.2, 0) is 6.54 Å². The van der Waals surface area contributed by atoms with Crippen LogP contribution in [-0.4, -0.2) is 30.1 Å². The normalized spacial score (nSPS) is 22.1. The summed E-state index contributed by atoms with van der Waals surface area (Å²) in [6.45, 7) is 7.88. The number of rotatable bonds is 4. The number of likely N-dealkylation sites (tertiary alicyclic amines) is 1. The van der Waals surface area contributed by atoms with E-state index in [0.717, 1.165) is 10.9 Å². The van der Waals surface area contributed by atoms with Crippen molar-refractivity contribution in [3.05, 3.63) is 21.3 Å². The number of hydrogen-bond acceptors (Lipinski definition) is 3. The second-order valence-corrected chi connectivity index (χ2v) is 6.46. The first-order valence-electron chi connectivity index (χ1n) is 5.87. The van der Waals surface area contributed by atoms with Gasteiger partial charge in [-0.25, -0.2) is 0 Å². The molecule has 90 valence electrons. The highest BCUT2D eigenvalue weighted by Gasteiger charge is 2.23. The molecule has 2 nitrogen and oxygen atoms in total. The summed E-state index contributed by atoms with van der Waals surface area (Å²) in [6, 6.07) is 5.39. The minimum absolute atomic E-state index is 0.642. The van der Waals surface area contributed by atoms with Crippen LogP contribution in [0.5, 0.6) is 0 Å². The monoisotopic (exact) mass is 258 g/mol. The van der Waals surface area contributed by atoms with E-state index in [0.29, 0.717) is 12.1 Å². The molecule has 1 aromatic rings. The third-order valence-electron chi connectivity index (χ3n) is 3.14. The van der Waals surface area contributed by atoms with E-state index in [1.165, 1.54) is 24.4 Å². The molecular formula is C12H19ClN2S. The van der Waals surface area contributed by atoms with Gasteiger partial charge in [0.1, 0.15) is 0 Å². The largest absolute Gasteiger partial charge is 0.308 e. The van der Waals surface area contributed by atoms with Gasteiger partial charge in [0.25, 0.3) is 0 Å². The molecule has 0 aromatic carbocycles. The maximum absolute atomic E-state index is 5.90. The van der Waals surface area contributed by atoms with Crippen molar-refractivity contribution < 1.29 is 0 Å². The van der Waals surface area contributed by atoms with Gasteiger partial charge in [-0.2, -0.15) is 0 Å². The fraction of sp³-hybridized carbons (Fsp3) is 0.667. The third-order valence-corrected chi connectivity index (χ3v) is 4.37. The number of nitrogens with zero attached hydrogens (tertiary/aromatic N) is 1. The molecule has 1 aliphatic rings. The van der Waals surface area contributed by atoms with Crippen molar-refractivity contribution >= 4 is 22.9 Å². The highest BCUT2D eigenvalue weighted by molar-refractivity contribution is 7.16. The second kappa shape index (κ2) is 5.50. The average molecular weight is 259 g/mol. The van der Waals surface area contributed by atoms with Gasteiger partial charge in [0, 0.05) is 30.1 Å². The van der Waals surface area contributed by atoms with E-state index in [2.05, 4.69) is 30.1 Å². The molecule has 4 heteroatoms. The van der Waals surface area contributed by atoms with Crippen LogP contribution in [0.25, 0.3) is 0 Å². The van der Waals surface area contributed by atoms with E-state index in [9.17, 15) is 0 Å². The molecular weight excluding hydrogens is 240 g/mol. The third kappa shape index (κ3) is 3.20. The summed E-state index contributed by atoms with van der Waals surface area (Å²) in [5.74, 6) is 0. The molecule has 0 bridgehead atoms. The lowest BCUT2D eigenvalue weighted by Gasteiger charge is -2.20. The Morgan fingerprint density at radius 3 is 2.94 bits per heavy atom. The zero-order valence-corrected chi connectivity index (χ0v) is 11.4. The summed E-state index contributed by atoms with van der Waals surface area (Å²) in [5.41, 5.74) is 0. The van der Waals surface area contributed by atoms with Crippen LogP contribution < -0.4 is 5.32 Å². The Hall–Kier alpha value is -0.0900. The quantitative estimate of drug-likeness (QED) is 0.893. The van der Waals surface area contributed by atoms with Crippen molar-refractivity contribution in [2.24, 2.45) is 0 Å². The van der Waals surface area contributed by atoms with Crippen LogP contribution >= 0.6 is 22.9 Å². The Kier molecular flexibility index (Phi) is 4.25. The van der Waals surface area contributed by atoms with Gasteiger partial charge in [0.2, 0.25) is 0 Å². The minimum Gasteiger partial charge on any atom is -0.308 e. The van der Waals surface area contributed by atoms with Crippen molar-refractivity contribution in [2.75, 3.05) is 13.1 Å². The highest BCUT2D eigenvalue weighted by atomic mass is 35.5. The van der Waals surface area contributed by atoms with E-state index >= 15 is 0 Å². The van der Waals surface area contributed by atoms with Crippen LogP contribution in [0.1, 0.15) is 25.1 Å². The summed E-state index contributed by atoms with van der Waals surface area (Å²) in [5, 5.41) is 3.61. The molecule has 16 heavy (non-hydrogen) atoms. The van der Waals surface area contributed by atoms with Crippen molar-refractivity contribution in [1.82, 2.24) is 10.2 Å². The number of halogens is 1. The van der Waals surface area contributed by atoms with Crippen molar-refractivity contribution in [3.63, 3.8) is 0 Å². The fourth-order valence-electron chi connectivity index (χ4n) is 2.11.